The molecule has 4 rings (SSSR count). The maximum atomic E-state index is 15.0. The summed E-state index contributed by atoms with van der Waals surface area (Å²) in [6.45, 7) is -1.49. The number of hydrogen-bond acceptors (Lipinski definition) is 5. The highest BCUT2D eigenvalue weighted by Crippen LogP contribution is 2.38. The molecule has 0 bridgehead atoms. The zero-order valence-electron chi connectivity index (χ0n) is 15.4. The van der Waals surface area contributed by atoms with Crippen LogP contribution in [0.1, 0.15) is 17.5 Å². The Hall–Kier alpha value is -2.14. The van der Waals surface area contributed by atoms with Gasteiger partial charge in [-0.05, 0) is 17.7 Å². The van der Waals surface area contributed by atoms with Crippen LogP contribution in [-0.4, -0.2) is 48.8 Å². The van der Waals surface area contributed by atoms with Gasteiger partial charge in [0, 0.05) is 22.6 Å². The van der Waals surface area contributed by atoms with E-state index in [4.69, 9.17) is 17.3 Å². The highest BCUT2D eigenvalue weighted by atomic mass is 35.5. The molecule has 11 heteroatoms. The zero-order valence-corrected chi connectivity index (χ0v) is 17.0. The molecular formula is C19H17ClF3N3O3S. The molecule has 6 nitrogen and oxygen atoms in total. The Kier molecular flexibility index (Phi) is 5.08. The molecule has 160 valence electrons. The van der Waals surface area contributed by atoms with E-state index >= 15 is 0 Å². The number of aliphatic hydroxyl groups is 1. The fourth-order valence-electron chi connectivity index (χ4n) is 3.80. The topological polar surface area (TPSA) is 96.0 Å². The molecule has 30 heavy (non-hydrogen) atoms. The van der Waals surface area contributed by atoms with E-state index in [1.165, 1.54) is 18.2 Å². The minimum Gasteiger partial charge on any atom is -0.395 e. The molecule has 2 aliphatic heterocycles. The average molecular weight is 460 g/mol. The number of nitrogens with two attached hydrogens (primary N) is 1. The minimum atomic E-state index is -4.34. The molecule has 2 heterocycles. The van der Waals surface area contributed by atoms with Gasteiger partial charge in [0.15, 0.2) is 0 Å². The quantitative estimate of drug-likeness (QED) is 0.734. The fourth-order valence-corrected chi connectivity index (χ4v) is 5.81. The number of aliphatic hydroxyl groups excluding tert-OH is 1. The standard InChI is InChI=1S/C19H17ClF3N3O3S/c20-15-5-12(30(28,29)26-9-19(22,23)6-11(26)8-27)2-4-13(15)14-3-1-10-7-25-18(24)16(10)17(14)21/h1-5,11,27H,6-9H2,(H2,24,25)/t11-/m0/s1. The van der Waals surface area contributed by atoms with E-state index in [1.54, 1.807) is 6.07 Å². The molecule has 2 aromatic carbocycles. The number of amidine groups is 1. The van der Waals surface area contributed by atoms with Crippen LogP contribution < -0.4 is 5.73 Å². The summed E-state index contributed by atoms with van der Waals surface area (Å²) in [6, 6.07) is 5.49. The van der Waals surface area contributed by atoms with Crippen molar-refractivity contribution in [2.24, 2.45) is 10.7 Å². The monoisotopic (exact) mass is 459 g/mol. The Morgan fingerprint density at radius 1 is 1.27 bits per heavy atom. The maximum Gasteiger partial charge on any atom is 0.263 e. The molecule has 1 saturated heterocycles. The lowest BCUT2D eigenvalue weighted by Crippen LogP contribution is -2.38. The van der Waals surface area contributed by atoms with Crippen molar-refractivity contribution in [3.63, 3.8) is 0 Å². The van der Waals surface area contributed by atoms with Crippen molar-refractivity contribution in [3.8, 4) is 11.1 Å². The van der Waals surface area contributed by atoms with Crippen LogP contribution in [0.3, 0.4) is 0 Å². The first kappa shape index (κ1) is 21.1. The van der Waals surface area contributed by atoms with E-state index in [9.17, 15) is 26.7 Å². The molecule has 0 radical (unpaired) electrons. The number of nitrogens with zero attached hydrogens (tertiary/aromatic N) is 2. The Morgan fingerprint density at radius 2 is 1.97 bits per heavy atom. The average Bonchev–Trinajstić information content (AvgIpc) is 3.22. The lowest BCUT2D eigenvalue weighted by Gasteiger charge is -2.22. The van der Waals surface area contributed by atoms with Crippen molar-refractivity contribution >= 4 is 27.5 Å². The van der Waals surface area contributed by atoms with Crippen LogP contribution >= 0.6 is 11.6 Å². The molecule has 1 atom stereocenters. The highest BCUT2D eigenvalue weighted by molar-refractivity contribution is 7.89. The van der Waals surface area contributed by atoms with Gasteiger partial charge in [0.1, 0.15) is 11.7 Å². The third kappa shape index (κ3) is 3.37. The molecule has 3 N–H and O–H groups in total. The van der Waals surface area contributed by atoms with Gasteiger partial charge in [0.25, 0.3) is 5.92 Å². The van der Waals surface area contributed by atoms with Gasteiger partial charge in [0.2, 0.25) is 10.0 Å². The predicted molar refractivity (Wildman–Crippen MR) is 106 cm³/mol. The third-order valence-electron chi connectivity index (χ3n) is 5.28. The molecule has 0 amide bonds. The normalized spacial score (nSPS) is 21.0. The fraction of sp³-hybridized carbons (Fsp3) is 0.316. The van der Waals surface area contributed by atoms with Gasteiger partial charge in [0.05, 0.1) is 36.2 Å². The molecule has 2 aliphatic rings. The van der Waals surface area contributed by atoms with Crippen LogP contribution in [0.25, 0.3) is 11.1 Å². The molecule has 0 spiro atoms. The van der Waals surface area contributed by atoms with Gasteiger partial charge in [-0.2, -0.15) is 4.31 Å². The van der Waals surface area contributed by atoms with Crippen LogP contribution in [0.4, 0.5) is 13.2 Å². The minimum absolute atomic E-state index is 0.0738. The smallest absolute Gasteiger partial charge is 0.263 e. The third-order valence-corrected chi connectivity index (χ3v) is 7.49. The summed E-state index contributed by atoms with van der Waals surface area (Å²) in [5.41, 5.74) is 6.90. The Balaban J connectivity index is 1.73. The summed E-state index contributed by atoms with van der Waals surface area (Å²) in [7, 11) is -4.34. The van der Waals surface area contributed by atoms with E-state index in [0.717, 1.165) is 6.07 Å². The Labute approximate surface area is 175 Å². The number of fused-ring (bicyclic) bond motifs is 1. The number of benzene rings is 2. The second kappa shape index (κ2) is 7.23. The molecule has 1 fully saturated rings. The summed E-state index contributed by atoms with van der Waals surface area (Å²) in [5, 5.41) is 9.25. The molecule has 0 aliphatic carbocycles. The van der Waals surface area contributed by atoms with E-state index in [2.05, 4.69) is 4.99 Å². The summed E-state index contributed by atoms with van der Waals surface area (Å²) in [6.07, 6.45) is -0.766. The SMILES string of the molecule is NC1=NCc2ccc(-c3ccc(S(=O)(=O)N4CC(F)(F)C[C@H]4CO)cc3Cl)c(F)c21. The van der Waals surface area contributed by atoms with Crippen LogP contribution in [0.2, 0.25) is 5.02 Å². The van der Waals surface area contributed by atoms with Crippen LogP contribution in [0.15, 0.2) is 40.2 Å². The van der Waals surface area contributed by atoms with E-state index in [-0.39, 0.29) is 39.0 Å². The van der Waals surface area contributed by atoms with Gasteiger partial charge in [-0.15, -0.1) is 0 Å². The number of sulfonamides is 1. The van der Waals surface area contributed by atoms with Crippen molar-refractivity contribution in [1.29, 1.82) is 0 Å². The number of alkyl halides is 2. The molecular weight excluding hydrogens is 443 g/mol. The van der Waals surface area contributed by atoms with Crippen LogP contribution in [-0.2, 0) is 16.6 Å². The first-order chi connectivity index (χ1) is 14.0. The van der Waals surface area contributed by atoms with Gasteiger partial charge >= 0.3 is 0 Å². The molecule has 0 unspecified atom stereocenters. The van der Waals surface area contributed by atoms with E-state index in [0.29, 0.717) is 9.87 Å². The van der Waals surface area contributed by atoms with Crippen molar-refractivity contribution in [3.05, 3.63) is 52.3 Å². The largest absolute Gasteiger partial charge is 0.395 e. The number of rotatable bonds is 4. The summed E-state index contributed by atoms with van der Waals surface area (Å²) < 4.78 is 68.8. The van der Waals surface area contributed by atoms with Crippen molar-refractivity contribution in [2.45, 2.75) is 29.8 Å². The van der Waals surface area contributed by atoms with E-state index < -0.39 is 47.4 Å². The van der Waals surface area contributed by atoms with Gasteiger partial charge in [-0.25, -0.2) is 21.6 Å². The summed E-state index contributed by atoms with van der Waals surface area (Å²) >= 11 is 6.25. The molecule has 0 saturated carbocycles. The van der Waals surface area contributed by atoms with E-state index in [1.807, 2.05) is 0 Å². The van der Waals surface area contributed by atoms with Crippen molar-refractivity contribution < 1.29 is 26.7 Å². The zero-order chi connectivity index (χ0) is 21.8. The first-order valence-electron chi connectivity index (χ1n) is 8.97. The molecule has 2 aromatic rings. The van der Waals surface area contributed by atoms with Crippen molar-refractivity contribution in [1.82, 2.24) is 4.31 Å². The second-order valence-corrected chi connectivity index (χ2v) is 9.55. The summed E-state index contributed by atoms with van der Waals surface area (Å²) in [4.78, 5) is 3.67. The lowest BCUT2D eigenvalue weighted by atomic mass is 9.98. The van der Waals surface area contributed by atoms with Crippen LogP contribution in [0, 0.1) is 5.82 Å². The Bertz CT molecular complexity index is 1170. The van der Waals surface area contributed by atoms with Crippen molar-refractivity contribution in [2.75, 3.05) is 13.2 Å². The maximum absolute atomic E-state index is 15.0. The molecule has 0 aromatic heterocycles. The van der Waals surface area contributed by atoms with Gasteiger partial charge < -0.3 is 10.8 Å². The van der Waals surface area contributed by atoms with Crippen LogP contribution in [0.5, 0.6) is 0 Å². The highest BCUT2D eigenvalue weighted by Gasteiger charge is 2.49. The lowest BCUT2D eigenvalue weighted by molar-refractivity contribution is 0.0161. The number of aliphatic imine (C=N–C) groups is 1. The first-order valence-corrected chi connectivity index (χ1v) is 10.8. The number of hydrogen-bond donors (Lipinski definition) is 2. The number of halogens is 4. The van der Waals surface area contributed by atoms with Gasteiger partial charge in [-0.1, -0.05) is 29.8 Å². The Morgan fingerprint density at radius 3 is 2.63 bits per heavy atom. The van der Waals surface area contributed by atoms with Gasteiger partial charge in [-0.3, -0.25) is 4.99 Å². The second-order valence-electron chi connectivity index (χ2n) is 7.25. The summed E-state index contributed by atoms with van der Waals surface area (Å²) in [5.74, 6) is -3.79. The predicted octanol–water partition coefficient (Wildman–Crippen LogP) is 2.76.